The van der Waals surface area contributed by atoms with Gasteiger partial charge < -0.3 is 70.5 Å². The van der Waals surface area contributed by atoms with Crippen LogP contribution in [0.1, 0.15) is 69.8 Å². The van der Waals surface area contributed by atoms with Gasteiger partial charge in [0.2, 0.25) is 17.8 Å². The first-order chi connectivity index (χ1) is 35.4. The molecule has 0 saturated carbocycles. The van der Waals surface area contributed by atoms with Crippen LogP contribution in [-0.4, -0.2) is 185 Å². The van der Waals surface area contributed by atoms with E-state index in [0.717, 1.165) is 11.4 Å². The number of hydrogen-bond donors (Lipinski definition) is 8. The summed E-state index contributed by atoms with van der Waals surface area (Å²) in [5, 5.41) is 41.2. The third-order valence-electron chi connectivity index (χ3n) is 13.7. The van der Waals surface area contributed by atoms with Crippen molar-refractivity contribution in [2.24, 2.45) is 14.1 Å². The second kappa shape index (κ2) is 21.5. The number of aromatic nitrogens is 12. The maximum atomic E-state index is 14.1. The van der Waals surface area contributed by atoms with Gasteiger partial charge >= 0.3 is 6.03 Å². The molecule has 4 aliphatic heterocycles. The van der Waals surface area contributed by atoms with Crippen molar-refractivity contribution < 1.29 is 34.1 Å². The fraction of sp³-hybridized carbons (Fsp3) is 0.587. The number of urea groups is 1. The van der Waals surface area contributed by atoms with Gasteiger partial charge in [-0.05, 0) is 46.0 Å². The first-order valence-electron chi connectivity index (χ1n) is 25.1. The lowest BCUT2D eigenvalue weighted by molar-refractivity contribution is -0.137. The average Bonchev–Trinajstić information content (AvgIpc) is 4.26. The molecular formula is C46H64N20O7. The number of carbonyl (C=O) groups excluding carboxylic acids is 3. The van der Waals surface area contributed by atoms with Crippen LogP contribution in [0, 0.1) is 0 Å². The lowest BCUT2D eigenvalue weighted by Crippen LogP contribution is -2.48. The smallest absolute Gasteiger partial charge is 0.320 e. The van der Waals surface area contributed by atoms with Crippen molar-refractivity contribution >= 4 is 63.7 Å². The van der Waals surface area contributed by atoms with Crippen LogP contribution >= 0.6 is 0 Å². The number of piperidine rings is 1. The molecule has 0 radical (unpaired) electrons. The number of ether oxygens (including phenoxy) is 2. The zero-order chi connectivity index (χ0) is 50.8. The second-order valence-corrected chi connectivity index (χ2v) is 19.0. The Kier molecular flexibility index (Phi) is 14.5. The van der Waals surface area contributed by atoms with E-state index in [0.29, 0.717) is 143 Å². The fourth-order valence-electron chi connectivity index (χ4n) is 9.93. The fourth-order valence-corrected chi connectivity index (χ4v) is 9.93. The molecule has 27 nitrogen and oxygen atoms in total. The number of likely N-dealkylation sites (tertiary alicyclic amines) is 2. The van der Waals surface area contributed by atoms with E-state index in [1.54, 1.807) is 25.9 Å². The van der Waals surface area contributed by atoms with Gasteiger partial charge in [-0.1, -0.05) is 0 Å². The molecule has 10 heterocycles. The standard InChI is InChI=1S/C46H64N20O7/c1-5-47-41(69)30-7-8-31(72-30)65-24-53-32-38(58-44(59-39(32)65)49-14-9-27-19-61(3)22-51-27)56-29-13-18-64(21-29)46(71)63-16-11-26(12-17-63)55-37-33-40(60-45(57-37)50-15-10-28-20-62(4)23-52-28)66(25-54-33)43-35(68)34(67)36(73-43)42(70)48-6-2/h19-20,22-26,29-31,34-36,43,67-68H,5-18,21H2,1-4H3,(H,47,69)(H,48,70)(H2,49,56,58,59)(H2,50,55,57,60)/t29-,30+,31-,34+,35-,36+,43-/m1/s1. The van der Waals surface area contributed by atoms with E-state index in [1.807, 2.05) is 56.9 Å². The monoisotopic (exact) mass is 1010 g/mol. The molecule has 27 heteroatoms. The Labute approximate surface area is 419 Å². The second-order valence-electron chi connectivity index (χ2n) is 19.0. The Balaban J connectivity index is 0.796. The van der Waals surface area contributed by atoms with Crippen LogP contribution in [-0.2, 0) is 46.0 Å². The van der Waals surface area contributed by atoms with Crippen LogP contribution < -0.4 is 31.9 Å². The number of fused-ring (bicyclic) bond motifs is 2. The van der Waals surface area contributed by atoms with Crippen molar-refractivity contribution in [3.63, 3.8) is 0 Å². The van der Waals surface area contributed by atoms with Crippen molar-refractivity contribution in [1.82, 2.24) is 78.6 Å². The lowest BCUT2D eigenvalue weighted by atomic mass is 10.1. The number of amides is 4. The highest BCUT2D eigenvalue weighted by Gasteiger charge is 2.48. The summed E-state index contributed by atoms with van der Waals surface area (Å²) in [4.78, 5) is 80.8. The molecular weight excluding hydrogens is 945 g/mol. The summed E-state index contributed by atoms with van der Waals surface area (Å²) in [5.74, 6) is 1.02. The van der Waals surface area contributed by atoms with Crippen molar-refractivity contribution in [3.05, 3.63) is 49.1 Å². The molecule has 0 aromatic carbocycles. The number of rotatable bonds is 18. The highest BCUT2D eigenvalue weighted by atomic mass is 16.6. The minimum Gasteiger partial charge on any atom is -0.387 e. The third-order valence-corrected chi connectivity index (χ3v) is 13.7. The molecule has 7 atom stereocenters. The Morgan fingerprint density at radius 2 is 1.21 bits per heavy atom. The molecule has 0 aliphatic carbocycles. The summed E-state index contributed by atoms with van der Waals surface area (Å²) in [5.41, 5.74) is 3.70. The molecule has 8 N–H and O–H groups in total. The Hall–Kier alpha value is -7.23. The van der Waals surface area contributed by atoms with Crippen molar-refractivity contribution in [1.29, 1.82) is 0 Å². The van der Waals surface area contributed by atoms with E-state index >= 15 is 0 Å². The number of hydrogen-bond acceptors (Lipinski definition) is 19. The van der Waals surface area contributed by atoms with Crippen LogP contribution in [0.5, 0.6) is 0 Å². The van der Waals surface area contributed by atoms with Crippen LogP contribution in [0.15, 0.2) is 37.7 Å². The Bertz CT molecular complexity index is 2910. The molecule has 4 fully saturated rings. The molecule has 390 valence electrons. The molecule has 4 amide bonds. The number of imidazole rings is 4. The van der Waals surface area contributed by atoms with Crippen LogP contribution in [0.3, 0.4) is 0 Å². The number of likely N-dealkylation sites (N-methyl/N-ethyl adjacent to an activating group) is 2. The van der Waals surface area contributed by atoms with Gasteiger partial charge in [-0.3, -0.25) is 18.7 Å². The molecule has 0 bridgehead atoms. The van der Waals surface area contributed by atoms with Gasteiger partial charge in [-0.25, -0.2) is 24.7 Å². The minimum absolute atomic E-state index is 0.0393. The summed E-state index contributed by atoms with van der Waals surface area (Å²) < 4.78 is 19.3. The van der Waals surface area contributed by atoms with E-state index in [9.17, 15) is 24.6 Å². The van der Waals surface area contributed by atoms with Gasteiger partial charge in [0.25, 0.3) is 5.91 Å². The average molecular weight is 1010 g/mol. The molecule has 4 saturated heterocycles. The lowest BCUT2D eigenvalue weighted by Gasteiger charge is -2.35. The predicted molar refractivity (Wildman–Crippen MR) is 265 cm³/mol. The Morgan fingerprint density at radius 3 is 1.81 bits per heavy atom. The van der Waals surface area contributed by atoms with E-state index in [-0.39, 0.29) is 24.0 Å². The summed E-state index contributed by atoms with van der Waals surface area (Å²) in [6, 6.07) is -0.218. The summed E-state index contributed by atoms with van der Waals surface area (Å²) >= 11 is 0. The van der Waals surface area contributed by atoms with Crippen LogP contribution in [0.4, 0.5) is 28.3 Å². The number of aliphatic hydroxyl groups is 2. The highest BCUT2D eigenvalue weighted by molar-refractivity contribution is 5.86. The number of nitrogens with one attached hydrogen (secondary N) is 6. The van der Waals surface area contributed by atoms with Crippen molar-refractivity contribution in [2.75, 3.05) is 73.6 Å². The Morgan fingerprint density at radius 1 is 0.644 bits per heavy atom. The quantitative estimate of drug-likeness (QED) is 0.0581. The minimum atomic E-state index is -1.47. The summed E-state index contributed by atoms with van der Waals surface area (Å²) in [6.45, 7) is 7.54. The largest absolute Gasteiger partial charge is 0.387 e. The summed E-state index contributed by atoms with van der Waals surface area (Å²) in [6.07, 6.45) is 8.65. The van der Waals surface area contributed by atoms with Gasteiger partial charge in [-0.2, -0.15) is 19.9 Å². The van der Waals surface area contributed by atoms with Gasteiger partial charge in [-0.15, -0.1) is 0 Å². The maximum absolute atomic E-state index is 14.1. The first-order valence-corrected chi connectivity index (χ1v) is 25.1. The molecule has 10 rings (SSSR count). The molecule has 0 unspecified atom stereocenters. The highest BCUT2D eigenvalue weighted by Crippen LogP contribution is 2.35. The number of nitrogens with zero attached hydrogens (tertiary/aromatic N) is 14. The number of anilines is 4. The van der Waals surface area contributed by atoms with Gasteiger partial charge in [0.05, 0.1) is 36.7 Å². The van der Waals surface area contributed by atoms with Gasteiger partial charge in [0.1, 0.15) is 24.5 Å². The van der Waals surface area contributed by atoms with Crippen molar-refractivity contribution in [2.45, 2.75) is 108 Å². The molecule has 4 aliphatic rings. The first kappa shape index (κ1) is 49.4. The predicted octanol–water partition coefficient (Wildman–Crippen LogP) is 0.494. The third kappa shape index (κ3) is 10.7. The zero-order valence-electron chi connectivity index (χ0n) is 41.4. The van der Waals surface area contributed by atoms with E-state index in [2.05, 4.69) is 46.9 Å². The number of aryl methyl sites for hydroxylation is 2. The molecule has 0 spiro atoms. The van der Waals surface area contributed by atoms with Crippen LogP contribution in [0.25, 0.3) is 22.3 Å². The SMILES string of the molecule is CCNC(=O)[C@@H]1CC[C@H](n2cnc3c(N[C@@H]4CCN(C(=O)N5CCC(Nc6nc(NCCc7cn(C)cn7)nc7c6ncn7[C@@H]6O[C@H](C(=O)NCC)[C@@H](O)[C@H]6O)CC5)C4)nc(NCCc4cn(C)cn4)nc32)O1. The summed E-state index contributed by atoms with van der Waals surface area (Å²) in [7, 11) is 3.84. The zero-order valence-corrected chi connectivity index (χ0v) is 41.4. The van der Waals surface area contributed by atoms with Gasteiger partial charge in [0, 0.05) is 104 Å². The van der Waals surface area contributed by atoms with E-state index < -0.39 is 42.8 Å². The maximum Gasteiger partial charge on any atom is 0.320 e. The van der Waals surface area contributed by atoms with Gasteiger partial charge in [0.15, 0.2) is 46.3 Å². The van der Waals surface area contributed by atoms with E-state index in [1.165, 1.54) is 10.9 Å². The van der Waals surface area contributed by atoms with E-state index in [4.69, 9.17) is 34.4 Å². The molecule has 6 aromatic heterocycles. The number of carbonyl (C=O) groups is 3. The van der Waals surface area contributed by atoms with Crippen LogP contribution in [0.2, 0.25) is 0 Å². The molecule has 73 heavy (non-hydrogen) atoms. The normalized spacial score (nSPS) is 23.4. The molecule has 6 aromatic rings. The topological polar surface area (TPSA) is 312 Å². The van der Waals surface area contributed by atoms with Crippen molar-refractivity contribution in [3.8, 4) is 0 Å². The number of aliphatic hydroxyl groups excluding tert-OH is 2.